The summed E-state index contributed by atoms with van der Waals surface area (Å²) in [5.74, 6) is -2.67. The quantitative estimate of drug-likeness (QED) is 0.0629. The van der Waals surface area contributed by atoms with Gasteiger partial charge in [0, 0.05) is 35.8 Å². The molecule has 0 aliphatic carbocycles. The van der Waals surface area contributed by atoms with E-state index in [1.165, 1.54) is 36.4 Å². The first-order valence-electron chi connectivity index (χ1n) is 15.5. The zero-order valence-electron chi connectivity index (χ0n) is 27.0. The second-order valence-electron chi connectivity index (χ2n) is 10.3. The smallest absolute Gasteiger partial charge is 0.387 e. The lowest BCUT2D eigenvalue weighted by atomic mass is 10.1. The number of carbonyl (C=O) groups is 1. The van der Waals surface area contributed by atoms with Gasteiger partial charge in [0.1, 0.15) is 17.4 Å². The highest BCUT2D eigenvalue weighted by Crippen LogP contribution is 2.34. The zero-order chi connectivity index (χ0) is 35.9. The summed E-state index contributed by atoms with van der Waals surface area (Å²) in [6.45, 7) is 0.902. The van der Waals surface area contributed by atoms with Crippen LogP contribution in [0.25, 0.3) is 11.5 Å². The summed E-state index contributed by atoms with van der Waals surface area (Å²) in [6, 6.07) is 11.4. The normalized spacial score (nSPS) is 11.6. The molecular formula is C34H40F4N4O7. The molecule has 266 valence electrons. The SMILES string of the molecule is CC.NCc1oc(-c2ccc(OC(F)F)c(OCCCCNCC(O)c3ccc(O)c(CO)c3)c2)nc1C(=O)NCc1ccc(F)cc1F. The van der Waals surface area contributed by atoms with E-state index in [4.69, 9.17) is 14.9 Å². The maximum Gasteiger partial charge on any atom is 0.387 e. The highest BCUT2D eigenvalue weighted by molar-refractivity contribution is 5.93. The van der Waals surface area contributed by atoms with Gasteiger partial charge < -0.3 is 45.6 Å². The number of nitrogens with one attached hydrogen (secondary N) is 2. The summed E-state index contributed by atoms with van der Waals surface area (Å²) in [5.41, 5.74) is 6.73. The molecule has 0 bridgehead atoms. The van der Waals surface area contributed by atoms with Crippen molar-refractivity contribution in [3.8, 4) is 28.7 Å². The van der Waals surface area contributed by atoms with Crippen LogP contribution in [0.4, 0.5) is 17.6 Å². The first-order valence-corrected chi connectivity index (χ1v) is 15.5. The van der Waals surface area contributed by atoms with Gasteiger partial charge >= 0.3 is 6.61 Å². The number of hydrogen-bond acceptors (Lipinski definition) is 10. The van der Waals surface area contributed by atoms with Crippen molar-refractivity contribution in [1.82, 2.24) is 15.6 Å². The molecule has 1 atom stereocenters. The van der Waals surface area contributed by atoms with Crippen molar-refractivity contribution in [1.29, 1.82) is 0 Å². The van der Waals surface area contributed by atoms with Gasteiger partial charge in [-0.1, -0.05) is 26.0 Å². The summed E-state index contributed by atoms with van der Waals surface area (Å²) < 4.78 is 69.3. The van der Waals surface area contributed by atoms with Gasteiger partial charge in [-0.2, -0.15) is 8.78 Å². The predicted octanol–water partition coefficient (Wildman–Crippen LogP) is 5.32. The Morgan fingerprint density at radius 2 is 1.80 bits per heavy atom. The number of aromatic hydroxyl groups is 1. The van der Waals surface area contributed by atoms with Crippen molar-refractivity contribution in [3.05, 3.63) is 94.4 Å². The number of oxazole rings is 1. The molecule has 3 aromatic carbocycles. The van der Waals surface area contributed by atoms with Gasteiger partial charge in [0.05, 0.1) is 25.9 Å². The summed E-state index contributed by atoms with van der Waals surface area (Å²) in [4.78, 5) is 17.0. The molecule has 11 nitrogen and oxygen atoms in total. The number of nitrogens with two attached hydrogens (primary N) is 1. The number of alkyl halides is 2. The third-order valence-corrected chi connectivity index (χ3v) is 6.96. The van der Waals surface area contributed by atoms with E-state index in [0.29, 0.717) is 36.6 Å². The van der Waals surface area contributed by atoms with Crippen LogP contribution in [0.5, 0.6) is 17.2 Å². The molecule has 7 N–H and O–H groups in total. The monoisotopic (exact) mass is 692 g/mol. The van der Waals surface area contributed by atoms with Crippen LogP contribution in [-0.2, 0) is 19.7 Å². The molecule has 0 saturated heterocycles. The molecule has 15 heteroatoms. The molecule has 1 amide bonds. The van der Waals surface area contributed by atoms with Crippen LogP contribution in [0, 0.1) is 11.6 Å². The Labute approximate surface area is 280 Å². The van der Waals surface area contributed by atoms with Crippen LogP contribution in [0.15, 0.2) is 59.0 Å². The molecule has 4 rings (SSSR count). The molecule has 49 heavy (non-hydrogen) atoms. The lowest BCUT2D eigenvalue weighted by molar-refractivity contribution is -0.0515. The van der Waals surface area contributed by atoms with E-state index in [0.717, 1.165) is 6.07 Å². The van der Waals surface area contributed by atoms with Crippen LogP contribution < -0.4 is 25.8 Å². The van der Waals surface area contributed by atoms with E-state index < -0.39 is 30.3 Å². The highest BCUT2D eigenvalue weighted by atomic mass is 19.3. The van der Waals surface area contributed by atoms with Gasteiger partial charge in [-0.3, -0.25) is 4.79 Å². The van der Waals surface area contributed by atoms with Crippen molar-refractivity contribution in [2.45, 2.75) is 59.1 Å². The van der Waals surface area contributed by atoms with Crippen LogP contribution in [0.1, 0.15) is 65.7 Å². The van der Waals surface area contributed by atoms with Gasteiger partial charge in [0.25, 0.3) is 5.91 Å². The molecular weight excluding hydrogens is 652 g/mol. The number of unbranched alkanes of at least 4 members (excludes halogenated alkanes) is 1. The van der Waals surface area contributed by atoms with Crippen LogP contribution >= 0.6 is 0 Å². The number of aromatic nitrogens is 1. The third-order valence-electron chi connectivity index (χ3n) is 6.96. The molecule has 0 spiro atoms. The minimum Gasteiger partial charge on any atom is -0.508 e. The minimum atomic E-state index is -3.12. The highest BCUT2D eigenvalue weighted by Gasteiger charge is 2.22. The van der Waals surface area contributed by atoms with E-state index in [2.05, 4.69) is 20.4 Å². The fourth-order valence-electron chi connectivity index (χ4n) is 4.49. The zero-order valence-corrected chi connectivity index (χ0v) is 27.0. The van der Waals surface area contributed by atoms with Crippen molar-refractivity contribution < 1.29 is 51.6 Å². The van der Waals surface area contributed by atoms with Gasteiger partial charge in [-0.25, -0.2) is 13.8 Å². The van der Waals surface area contributed by atoms with E-state index in [1.54, 1.807) is 6.07 Å². The second-order valence-corrected chi connectivity index (χ2v) is 10.3. The second kappa shape index (κ2) is 19.3. The molecule has 0 aliphatic heterocycles. The predicted molar refractivity (Wildman–Crippen MR) is 172 cm³/mol. The lowest BCUT2D eigenvalue weighted by Gasteiger charge is -2.14. The maximum absolute atomic E-state index is 14.0. The number of hydrogen-bond donors (Lipinski definition) is 6. The van der Waals surface area contributed by atoms with E-state index in [9.17, 15) is 37.7 Å². The molecule has 0 aliphatic rings. The fraction of sp³-hybridized carbons (Fsp3) is 0.353. The largest absolute Gasteiger partial charge is 0.508 e. The van der Waals surface area contributed by atoms with Crippen LogP contribution in [0.2, 0.25) is 0 Å². The summed E-state index contributed by atoms with van der Waals surface area (Å²) in [6.07, 6.45) is 0.243. The molecule has 4 aromatic rings. The molecule has 0 fully saturated rings. The van der Waals surface area contributed by atoms with Gasteiger partial charge in [-0.15, -0.1) is 0 Å². The topological polar surface area (TPSA) is 172 Å². The minimum absolute atomic E-state index is 0.0179. The van der Waals surface area contributed by atoms with Crippen LogP contribution in [0.3, 0.4) is 0 Å². The van der Waals surface area contributed by atoms with Gasteiger partial charge in [-0.05, 0) is 61.3 Å². The number of carbonyl (C=O) groups excluding carboxylic acids is 1. The van der Waals surface area contributed by atoms with E-state index in [1.807, 2.05) is 13.8 Å². The number of aliphatic hydroxyl groups excluding tert-OH is 2. The fourth-order valence-corrected chi connectivity index (χ4v) is 4.49. The number of amides is 1. The Kier molecular flexibility index (Phi) is 15.3. The lowest BCUT2D eigenvalue weighted by Crippen LogP contribution is -2.25. The van der Waals surface area contributed by atoms with Crippen molar-refractivity contribution in [3.63, 3.8) is 0 Å². The number of nitrogens with zero attached hydrogens (tertiary/aromatic N) is 1. The van der Waals surface area contributed by atoms with Crippen LogP contribution in [-0.4, -0.2) is 52.5 Å². The first kappa shape index (κ1) is 38.7. The Hall–Kier alpha value is -4.70. The van der Waals surface area contributed by atoms with E-state index >= 15 is 0 Å². The molecule has 1 aromatic heterocycles. The number of ether oxygens (including phenoxy) is 2. The summed E-state index contributed by atoms with van der Waals surface area (Å²) in [7, 11) is 0. The Bertz CT molecular complexity index is 1660. The Morgan fingerprint density at radius 3 is 2.49 bits per heavy atom. The average Bonchev–Trinajstić information content (AvgIpc) is 3.53. The number of aliphatic hydroxyl groups is 2. The maximum atomic E-state index is 14.0. The van der Waals surface area contributed by atoms with Gasteiger partial charge in [0.15, 0.2) is 23.0 Å². The molecule has 1 unspecified atom stereocenters. The Morgan fingerprint density at radius 1 is 1.02 bits per heavy atom. The Balaban J connectivity index is 0.00000319. The van der Waals surface area contributed by atoms with Crippen molar-refractivity contribution in [2.24, 2.45) is 5.73 Å². The van der Waals surface area contributed by atoms with Crippen molar-refractivity contribution in [2.75, 3.05) is 19.7 Å². The van der Waals surface area contributed by atoms with E-state index in [-0.39, 0.29) is 78.6 Å². The standard InChI is InChI=1S/C32H34F4N4O7.C2H6/c33-22-6-3-20(23(34)13-22)15-39-30(44)29-28(14-37)46-31(40-29)19-5-8-26(47-32(35)36)27(12-19)45-10-2-1-9-38-16-25(43)18-4-7-24(42)21(11-18)17-41;1-2/h3-8,11-13,25,32,38,41-43H,1-2,9-10,14-17,37H2,(H,39,44);1-2H3. The molecule has 0 radical (unpaired) electrons. The summed E-state index contributed by atoms with van der Waals surface area (Å²) in [5, 5.41) is 34.9. The summed E-state index contributed by atoms with van der Waals surface area (Å²) >= 11 is 0. The van der Waals surface area contributed by atoms with Crippen molar-refractivity contribution >= 4 is 5.91 Å². The molecule has 1 heterocycles. The average molecular weight is 693 g/mol. The number of halogens is 4. The first-order chi connectivity index (χ1) is 23.6. The molecule has 0 saturated carbocycles. The number of phenols is 1. The number of benzene rings is 3. The third kappa shape index (κ3) is 11.2. The van der Waals surface area contributed by atoms with Gasteiger partial charge in [0.2, 0.25) is 5.89 Å². The number of rotatable bonds is 17.